The van der Waals surface area contributed by atoms with Gasteiger partial charge in [-0.2, -0.15) is 4.31 Å². The Bertz CT molecular complexity index is 824. The molecule has 1 saturated heterocycles. The molecule has 9 nitrogen and oxygen atoms in total. The van der Waals surface area contributed by atoms with Gasteiger partial charge in [-0.25, -0.2) is 8.42 Å². The first kappa shape index (κ1) is 18.5. The van der Waals surface area contributed by atoms with E-state index >= 15 is 0 Å². The zero-order valence-electron chi connectivity index (χ0n) is 14.2. The van der Waals surface area contributed by atoms with E-state index < -0.39 is 34.0 Å². The number of benzene rings is 1. The minimum absolute atomic E-state index is 0.00407. The van der Waals surface area contributed by atoms with E-state index in [1.165, 1.54) is 25.1 Å². The lowest BCUT2D eigenvalue weighted by molar-refractivity contribution is -0.156. The number of fused-ring (bicyclic) bond motifs is 1. The standard InChI is InChI=1S/C16H20N2O7S/c1-10(15(17)19)25-16(20)12-3-2-6-18(12)26(21,22)11-4-5-13-14(9-11)24-8-7-23-13/h4-5,9-10,12H,2-3,6-8H2,1H3,(H2,17,19)/t10-,12+/m0/s1. The van der Waals surface area contributed by atoms with Crippen LogP contribution in [0.25, 0.3) is 0 Å². The van der Waals surface area contributed by atoms with Crippen molar-refractivity contribution >= 4 is 21.9 Å². The number of esters is 1. The highest BCUT2D eigenvalue weighted by molar-refractivity contribution is 7.89. The second-order valence-corrected chi connectivity index (χ2v) is 7.95. The average molecular weight is 384 g/mol. The van der Waals surface area contributed by atoms with Crippen molar-refractivity contribution in [2.75, 3.05) is 19.8 Å². The minimum Gasteiger partial charge on any atom is -0.486 e. The number of primary amides is 1. The predicted molar refractivity (Wildman–Crippen MR) is 89.1 cm³/mol. The zero-order chi connectivity index (χ0) is 18.9. The Balaban J connectivity index is 1.84. The van der Waals surface area contributed by atoms with Crippen LogP contribution in [0.5, 0.6) is 11.5 Å². The molecule has 1 aromatic carbocycles. The number of rotatable bonds is 5. The number of carbonyl (C=O) groups is 2. The van der Waals surface area contributed by atoms with Gasteiger partial charge in [0, 0.05) is 12.6 Å². The maximum absolute atomic E-state index is 13.0. The van der Waals surface area contributed by atoms with Gasteiger partial charge in [-0.05, 0) is 31.9 Å². The number of hydrogen-bond donors (Lipinski definition) is 1. The van der Waals surface area contributed by atoms with Crippen LogP contribution in [0.1, 0.15) is 19.8 Å². The number of nitrogens with zero attached hydrogens (tertiary/aromatic N) is 1. The Hall–Kier alpha value is -2.33. The van der Waals surface area contributed by atoms with E-state index in [0.29, 0.717) is 37.6 Å². The van der Waals surface area contributed by atoms with Gasteiger partial charge in [0.25, 0.3) is 5.91 Å². The maximum Gasteiger partial charge on any atom is 0.325 e. The molecule has 2 N–H and O–H groups in total. The van der Waals surface area contributed by atoms with E-state index in [9.17, 15) is 18.0 Å². The first-order valence-corrected chi connectivity index (χ1v) is 9.66. The van der Waals surface area contributed by atoms with Crippen molar-refractivity contribution in [2.24, 2.45) is 5.73 Å². The fourth-order valence-electron chi connectivity index (χ4n) is 2.89. The minimum atomic E-state index is -3.94. The van der Waals surface area contributed by atoms with Crippen LogP contribution in [0.4, 0.5) is 0 Å². The van der Waals surface area contributed by atoms with Crippen molar-refractivity contribution in [3.8, 4) is 11.5 Å². The summed E-state index contributed by atoms with van der Waals surface area (Å²) in [6.45, 7) is 2.26. The molecule has 0 aromatic heterocycles. The van der Waals surface area contributed by atoms with Crippen LogP contribution in [0, 0.1) is 0 Å². The first-order chi connectivity index (χ1) is 12.3. The molecule has 0 spiro atoms. The van der Waals surface area contributed by atoms with Gasteiger partial charge in [-0.15, -0.1) is 0 Å². The smallest absolute Gasteiger partial charge is 0.325 e. The summed E-state index contributed by atoms with van der Waals surface area (Å²) >= 11 is 0. The molecule has 0 bridgehead atoms. The lowest BCUT2D eigenvalue weighted by Crippen LogP contribution is -2.43. The fraction of sp³-hybridized carbons (Fsp3) is 0.500. The van der Waals surface area contributed by atoms with E-state index in [1.54, 1.807) is 0 Å². The molecule has 0 unspecified atom stereocenters. The van der Waals surface area contributed by atoms with Crippen molar-refractivity contribution < 1.29 is 32.2 Å². The zero-order valence-corrected chi connectivity index (χ0v) is 15.0. The Labute approximate surface area is 151 Å². The molecule has 2 heterocycles. The topological polar surface area (TPSA) is 125 Å². The summed E-state index contributed by atoms with van der Waals surface area (Å²) in [5, 5.41) is 0. The molecular weight excluding hydrogens is 364 g/mol. The number of carbonyl (C=O) groups excluding carboxylic acids is 2. The van der Waals surface area contributed by atoms with Crippen molar-refractivity contribution in [1.82, 2.24) is 4.31 Å². The van der Waals surface area contributed by atoms with Crippen LogP contribution >= 0.6 is 0 Å². The summed E-state index contributed by atoms with van der Waals surface area (Å²) in [5.74, 6) is -0.756. The van der Waals surface area contributed by atoms with Gasteiger partial charge >= 0.3 is 5.97 Å². The predicted octanol–water partition coefficient (Wildman–Crippen LogP) is 0.0279. The van der Waals surface area contributed by atoms with Gasteiger partial charge in [0.1, 0.15) is 19.3 Å². The summed E-state index contributed by atoms with van der Waals surface area (Å²) in [4.78, 5) is 23.4. The molecule has 2 aliphatic rings. The van der Waals surface area contributed by atoms with Crippen LogP contribution in [0.3, 0.4) is 0 Å². The molecule has 1 aromatic rings. The summed E-state index contributed by atoms with van der Waals surface area (Å²) in [5.41, 5.74) is 5.09. The second-order valence-electron chi connectivity index (χ2n) is 6.06. The third kappa shape index (κ3) is 3.47. The molecule has 142 valence electrons. The average Bonchev–Trinajstić information content (AvgIpc) is 3.12. The Morgan fingerprint density at radius 1 is 1.27 bits per heavy atom. The molecule has 26 heavy (non-hydrogen) atoms. The molecule has 0 radical (unpaired) electrons. The number of ether oxygens (including phenoxy) is 3. The van der Waals surface area contributed by atoms with Crippen LogP contribution < -0.4 is 15.2 Å². The van der Waals surface area contributed by atoms with Gasteiger partial charge in [-0.1, -0.05) is 0 Å². The van der Waals surface area contributed by atoms with Gasteiger partial charge in [-0.3, -0.25) is 9.59 Å². The maximum atomic E-state index is 13.0. The normalized spacial score (nSPS) is 21.2. The first-order valence-electron chi connectivity index (χ1n) is 8.22. The molecule has 0 aliphatic carbocycles. The van der Waals surface area contributed by atoms with Crippen LogP contribution in [-0.4, -0.2) is 56.5 Å². The molecule has 2 aliphatic heterocycles. The number of sulfonamides is 1. The fourth-order valence-corrected chi connectivity index (χ4v) is 4.56. The molecule has 0 saturated carbocycles. The highest BCUT2D eigenvalue weighted by atomic mass is 32.2. The quantitative estimate of drug-likeness (QED) is 0.710. The van der Waals surface area contributed by atoms with E-state index in [0.717, 1.165) is 4.31 Å². The monoisotopic (exact) mass is 384 g/mol. The summed E-state index contributed by atoms with van der Waals surface area (Å²) < 4.78 is 42.9. The van der Waals surface area contributed by atoms with Crippen molar-refractivity contribution in [2.45, 2.75) is 36.8 Å². The highest BCUT2D eigenvalue weighted by Gasteiger charge is 2.41. The summed E-state index contributed by atoms with van der Waals surface area (Å²) in [7, 11) is -3.94. The molecular formula is C16H20N2O7S. The number of amides is 1. The molecule has 10 heteroatoms. The number of hydrogen-bond acceptors (Lipinski definition) is 7. The van der Waals surface area contributed by atoms with E-state index in [2.05, 4.69) is 0 Å². The lowest BCUT2D eigenvalue weighted by atomic mass is 10.2. The SMILES string of the molecule is C[C@H](OC(=O)[C@H]1CCCN1S(=O)(=O)c1ccc2c(c1)OCCO2)C(N)=O. The summed E-state index contributed by atoms with van der Waals surface area (Å²) in [6, 6.07) is 3.33. The van der Waals surface area contributed by atoms with Gasteiger partial charge in [0.2, 0.25) is 10.0 Å². The molecule has 1 amide bonds. The molecule has 3 rings (SSSR count). The van der Waals surface area contributed by atoms with Gasteiger partial charge < -0.3 is 19.9 Å². The summed E-state index contributed by atoms with van der Waals surface area (Å²) in [6.07, 6.45) is -0.301. The van der Waals surface area contributed by atoms with Crippen molar-refractivity contribution in [1.29, 1.82) is 0 Å². The van der Waals surface area contributed by atoms with E-state index in [1.807, 2.05) is 0 Å². The third-order valence-electron chi connectivity index (χ3n) is 4.29. The van der Waals surface area contributed by atoms with Crippen LogP contribution in [0.2, 0.25) is 0 Å². The van der Waals surface area contributed by atoms with Gasteiger partial charge in [0.15, 0.2) is 17.6 Å². The third-order valence-corrected chi connectivity index (χ3v) is 6.19. The van der Waals surface area contributed by atoms with Crippen molar-refractivity contribution in [3.63, 3.8) is 0 Å². The second kappa shape index (κ2) is 7.12. The molecule has 1 fully saturated rings. The van der Waals surface area contributed by atoms with Crippen LogP contribution in [0.15, 0.2) is 23.1 Å². The molecule has 2 atom stereocenters. The van der Waals surface area contributed by atoms with Crippen LogP contribution in [-0.2, 0) is 24.3 Å². The van der Waals surface area contributed by atoms with Crippen molar-refractivity contribution in [3.05, 3.63) is 18.2 Å². The Morgan fingerprint density at radius 3 is 2.65 bits per heavy atom. The van der Waals surface area contributed by atoms with E-state index in [4.69, 9.17) is 19.9 Å². The Morgan fingerprint density at radius 2 is 1.96 bits per heavy atom. The van der Waals surface area contributed by atoms with Gasteiger partial charge in [0.05, 0.1) is 4.90 Å². The highest BCUT2D eigenvalue weighted by Crippen LogP contribution is 2.35. The largest absolute Gasteiger partial charge is 0.486 e. The Kier molecular flexibility index (Phi) is 5.05. The van der Waals surface area contributed by atoms with E-state index in [-0.39, 0.29) is 11.4 Å². The lowest BCUT2D eigenvalue weighted by Gasteiger charge is -2.24. The number of nitrogens with two attached hydrogens (primary N) is 1.